The molecule has 0 aromatic carbocycles. The summed E-state index contributed by atoms with van der Waals surface area (Å²) in [4.78, 5) is 23.9. The van der Waals surface area contributed by atoms with Gasteiger partial charge in [-0.25, -0.2) is 9.78 Å². The van der Waals surface area contributed by atoms with E-state index in [4.69, 9.17) is 4.74 Å². The lowest BCUT2D eigenvalue weighted by Gasteiger charge is -2.27. The summed E-state index contributed by atoms with van der Waals surface area (Å²) in [6.45, 7) is 12.3. The SMILES string of the molecule is CCCN(CCNC(=NC)NCc1ncc(CC)s1)C(=O)OC(C)(C)C.I. The molecule has 27 heavy (non-hydrogen) atoms. The molecule has 1 amide bonds. The molecule has 9 heteroatoms. The Balaban J connectivity index is 0.00000676. The Hall–Kier alpha value is -1.10. The number of ether oxygens (including phenoxy) is 1. The second-order valence-electron chi connectivity index (χ2n) is 6.89. The van der Waals surface area contributed by atoms with Crippen LogP contribution < -0.4 is 10.6 Å². The average Bonchev–Trinajstić information content (AvgIpc) is 3.03. The van der Waals surface area contributed by atoms with E-state index in [-0.39, 0.29) is 30.1 Å². The number of rotatable bonds is 8. The van der Waals surface area contributed by atoms with Crippen LogP contribution in [-0.4, -0.2) is 54.2 Å². The summed E-state index contributed by atoms with van der Waals surface area (Å²) >= 11 is 1.70. The van der Waals surface area contributed by atoms with E-state index in [9.17, 15) is 4.79 Å². The van der Waals surface area contributed by atoms with Crippen molar-refractivity contribution in [2.75, 3.05) is 26.7 Å². The van der Waals surface area contributed by atoms with Crippen LogP contribution in [0.5, 0.6) is 0 Å². The van der Waals surface area contributed by atoms with Crippen LogP contribution in [-0.2, 0) is 17.7 Å². The van der Waals surface area contributed by atoms with Gasteiger partial charge in [0.1, 0.15) is 10.6 Å². The van der Waals surface area contributed by atoms with Crippen molar-refractivity contribution in [1.29, 1.82) is 0 Å². The van der Waals surface area contributed by atoms with Crippen LogP contribution in [0.25, 0.3) is 0 Å². The number of aliphatic imine (C=N–C) groups is 1. The van der Waals surface area contributed by atoms with E-state index < -0.39 is 5.60 Å². The van der Waals surface area contributed by atoms with Crippen LogP contribution in [0, 0.1) is 0 Å². The largest absolute Gasteiger partial charge is 0.444 e. The zero-order valence-electron chi connectivity index (χ0n) is 17.3. The number of aromatic nitrogens is 1. The lowest BCUT2D eigenvalue weighted by molar-refractivity contribution is 0.0253. The van der Waals surface area contributed by atoms with Gasteiger partial charge in [0.15, 0.2) is 5.96 Å². The van der Waals surface area contributed by atoms with Gasteiger partial charge in [-0.3, -0.25) is 4.99 Å². The summed E-state index contributed by atoms with van der Waals surface area (Å²) in [6.07, 6.45) is 3.53. The van der Waals surface area contributed by atoms with Gasteiger partial charge in [0.25, 0.3) is 0 Å². The number of carbonyl (C=O) groups excluding carboxylic acids is 1. The van der Waals surface area contributed by atoms with E-state index in [0.717, 1.165) is 17.8 Å². The quantitative estimate of drug-likeness (QED) is 0.317. The van der Waals surface area contributed by atoms with Crippen LogP contribution in [0.2, 0.25) is 0 Å². The van der Waals surface area contributed by atoms with Gasteiger partial charge in [-0.15, -0.1) is 35.3 Å². The summed E-state index contributed by atoms with van der Waals surface area (Å²) in [6, 6.07) is 0. The first-order valence-electron chi connectivity index (χ1n) is 9.15. The van der Waals surface area contributed by atoms with E-state index in [0.29, 0.717) is 32.1 Å². The van der Waals surface area contributed by atoms with Crippen LogP contribution >= 0.6 is 35.3 Å². The maximum Gasteiger partial charge on any atom is 0.410 e. The van der Waals surface area contributed by atoms with Crippen molar-refractivity contribution in [1.82, 2.24) is 20.5 Å². The number of halogens is 1. The van der Waals surface area contributed by atoms with E-state index in [1.165, 1.54) is 4.88 Å². The van der Waals surface area contributed by atoms with E-state index in [1.807, 2.05) is 33.9 Å². The summed E-state index contributed by atoms with van der Waals surface area (Å²) < 4.78 is 5.46. The predicted octanol–water partition coefficient (Wildman–Crippen LogP) is 3.64. The summed E-state index contributed by atoms with van der Waals surface area (Å²) in [5, 5.41) is 7.52. The van der Waals surface area contributed by atoms with Gasteiger partial charge < -0.3 is 20.3 Å². The molecule has 1 aromatic heterocycles. The van der Waals surface area contributed by atoms with Crippen LogP contribution in [0.3, 0.4) is 0 Å². The fourth-order valence-corrected chi connectivity index (χ4v) is 2.98. The molecule has 0 atom stereocenters. The Labute approximate surface area is 184 Å². The number of hydrogen-bond donors (Lipinski definition) is 2. The first-order valence-corrected chi connectivity index (χ1v) is 9.96. The molecule has 1 aromatic rings. The molecule has 7 nitrogen and oxygen atoms in total. The maximum absolute atomic E-state index is 12.3. The van der Waals surface area contributed by atoms with Gasteiger partial charge in [-0.1, -0.05) is 13.8 Å². The molecule has 1 rings (SSSR count). The summed E-state index contributed by atoms with van der Waals surface area (Å²) in [5.41, 5.74) is -0.487. The van der Waals surface area contributed by atoms with E-state index in [2.05, 4.69) is 27.5 Å². The van der Waals surface area contributed by atoms with Gasteiger partial charge in [0, 0.05) is 37.8 Å². The molecule has 0 saturated carbocycles. The average molecular weight is 511 g/mol. The molecule has 1 heterocycles. The van der Waals surface area contributed by atoms with Crippen LogP contribution in [0.4, 0.5) is 4.79 Å². The van der Waals surface area contributed by atoms with Crippen molar-refractivity contribution in [2.24, 2.45) is 4.99 Å². The minimum atomic E-state index is -0.487. The Morgan fingerprint density at radius 2 is 2.00 bits per heavy atom. The van der Waals surface area contributed by atoms with Crippen molar-refractivity contribution in [3.8, 4) is 0 Å². The number of aryl methyl sites for hydroxylation is 1. The highest BCUT2D eigenvalue weighted by molar-refractivity contribution is 14.0. The minimum absolute atomic E-state index is 0. The second kappa shape index (κ2) is 13.1. The molecule has 0 aliphatic heterocycles. The predicted molar refractivity (Wildman–Crippen MR) is 123 cm³/mol. The smallest absolute Gasteiger partial charge is 0.410 e. The number of nitrogens with zero attached hydrogens (tertiary/aromatic N) is 3. The lowest BCUT2D eigenvalue weighted by Crippen LogP contribution is -2.44. The lowest BCUT2D eigenvalue weighted by atomic mass is 10.2. The summed E-state index contributed by atoms with van der Waals surface area (Å²) in [5.74, 6) is 0.693. The number of carbonyl (C=O) groups is 1. The van der Waals surface area contributed by atoms with Crippen molar-refractivity contribution in [2.45, 2.75) is 59.6 Å². The Kier molecular flexibility index (Phi) is 12.6. The third-order valence-electron chi connectivity index (χ3n) is 3.40. The number of amides is 1. The molecule has 0 radical (unpaired) electrons. The van der Waals surface area contributed by atoms with E-state index >= 15 is 0 Å². The third-order valence-corrected chi connectivity index (χ3v) is 4.54. The maximum atomic E-state index is 12.3. The Morgan fingerprint density at radius 1 is 1.30 bits per heavy atom. The summed E-state index contributed by atoms with van der Waals surface area (Å²) in [7, 11) is 1.73. The molecular weight excluding hydrogens is 477 g/mol. The zero-order chi connectivity index (χ0) is 19.6. The fourth-order valence-electron chi connectivity index (χ4n) is 2.17. The van der Waals surface area contributed by atoms with Crippen molar-refractivity contribution < 1.29 is 9.53 Å². The van der Waals surface area contributed by atoms with Gasteiger partial charge in [0.05, 0.1) is 6.54 Å². The van der Waals surface area contributed by atoms with Crippen molar-refractivity contribution in [3.05, 3.63) is 16.1 Å². The molecule has 0 spiro atoms. The minimum Gasteiger partial charge on any atom is -0.444 e. The Bertz CT molecular complexity index is 587. The number of hydrogen-bond acceptors (Lipinski definition) is 5. The molecule has 0 aliphatic rings. The molecule has 0 bridgehead atoms. The number of guanidine groups is 1. The monoisotopic (exact) mass is 511 g/mol. The highest BCUT2D eigenvalue weighted by Gasteiger charge is 2.21. The molecule has 0 aliphatic carbocycles. The van der Waals surface area contributed by atoms with Gasteiger partial charge in [-0.05, 0) is 33.6 Å². The van der Waals surface area contributed by atoms with Crippen LogP contribution in [0.1, 0.15) is 50.9 Å². The molecule has 0 saturated heterocycles. The third kappa shape index (κ3) is 10.7. The first kappa shape index (κ1) is 25.9. The fraction of sp³-hybridized carbons (Fsp3) is 0.722. The second-order valence-corrected chi connectivity index (χ2v) is 8.09. The van der Waals surface area contributed by atoms with E-state index in [1.54, 1.807) is 23.3 Å². The van der Waals surface area contributed by atoms with Gasteiger partial charge >= 0.3 is 6.09 Å². The molecule has 0 fully saturated rings. The van der Waals surface area contributed by atoms with Crippen molar-refractivity contribution >= 4 is 47.4 Å². The van der Waals surface area contributed by atoms with Crippen molar-refractivity contribution in [3.63, 3.8) is 0 Å². The number of thiazole rings is 1. The molecular formula is C18H34IN5O2S. The van der Waals surface area contributed by atoms with Gasteiger partial charge in [0.2, 0.25) is 0 Å². The first-order chi connectivity index (χ1) is 12.3. The molecule has 0 unspecified atom stereocenters. The normalized spacial score (nSPS) is 11.6. The van der Waals surface area contributed by atoms with Gasteiger partial charge in [-0.2, -0.15) is 0 Å². The standard InChI is InChI=1S/C18H33N5O2S.HI/c1-7-10-23(17(24)25-18(3,4)5)11-9-20-16(19-6)22-13-15-21-12-14(8-2)26-15;/h12H,7-11,13H2,1-6H3,(H2,19,20,22);1H. The Morgan fingerprint density at radius 3 is 2.52 bits per heavy atom. The highest BCUT2D eigenvalue weighted by Crippen LogP contribution is 2.12. The van der Waals surface area contributed by atoms with Crippen LogP contribution in [0.15, 0.2) is 11.2 Å². The topological polar surface area (TPSA) is 78.9 Å². The number of nitrogens with one attached hydrogen (secondary N) is 2. The highest BCUT2D eigenvalue weighted by atomic mass is 127. The molecule has 2 N–H and O–H groups in total. The zero-order valence-corrected chi connectivity index (χ0v) is 20.4. The molecule has 156 valence electrons.